The van der Waals surface area contributed by atoms with Crippen LogP contribution in [0, 0.1) is 17.0 Å². The van der Waals surface area contributed by atoms with E-state index in [0.29, 0.717) is 6.54 Å². The highest BCUT2D eigenvalue weighted by Crippen LogP contribution is 2.51. The van der Waals surface area contributed by atoms with Crippen LogP contribution in [0.2, 0.25) is 0 Å². The van der Waals surface area contributed by atoms with Crippen molar-refractivity contribution in [3.8, 4) is 0 Å². The number of hydrogen-bond donors (Lipinski definition) is 1. The van der Waals surface area contributed by atoms with E-state index >= 15 is 8.78 Å². The van der Waals surface area contributed by atoms with Crippen LogP contribution in [-0.4, -0.2) is 42.5 Å². The zero-order chi connectivity index (χ0) is 20.0. The van der Waals surface area contributed by atoms with Crippen molar-refractivity contribution >= 4 is 15.9 Å². The van der Waals surface area contributed by atoms with Gasteiger partial charge in [0.05, 0.1) is 16.4 Å². The van der Waals surface area contributed by atoms with Gasteiger partial charge < -0.3 is 5.32 Å². The highest BCUT2D eigenvalue weighted by atomic mass is 79.9. The molecule has 0 bridgehead atoms. The predicted octanol–water partition coefficient (Wildman–Crippen LogP) is 5.32. The molecule has 27 heavy (non-hydrogen) atoms. The van der Waals surface area contributed by atoms with Gasteiger partial charge in [-0.05, 0) is 66.3 Å². The number of hydrogen-bond acceptors (Lipinski definition) is 2. The van der Waals surface area contributed by atoms with Crippen LogP contribution >= 0.6 is 15.9 Å². The molecule has 1 N–H and O–H groups in total. The number of nitrogens with one attached hydrogen (secondary N) is 1. The largest absolute Gasteiger partial charge is 0.317 e. The maximum atomic E-state index is 15.8. The average Bonchev–Trinajstić information content (AvgIpc) is 2.59. The third-order valence-corrected chi connectivity index (χ3v) is 6.49. The van der Waals surface area contributed by atoms with Crippen LogP contribution in [-0.2, 0) is 0 Å². The summed E-state index contributed by atoms with van der Waals surface area (Å²) in [6.45, 7) is 7.52. The van der Waals surface area contributed by atoms with E-state index in [1.54, 1.807) is 20.8 Å². The smallest absolute Gasteiger partial charge is 0.270 e. The molecular weight excluding hydrogens is 424 g/mol. The van der Waals surface area contributed by atoms with Crippen molar-refractivity contribution in [1.29, 1.82) is 0 Å². The second-order valence-electron chi connectivity index (χ2n) is 8.77. The fraction of sp³-hybridized carbons (Fsp3) is 0.700. The third-order valence-electron chi connectivity index (χ3n) is 5.88. The Morgan fingerprint density at radius 1 is 1.07 bits per heavy atom. The first-order valence-electron chi connectivity index (χ1n) is 9.52. The van der Waals surface area contributed by atoms with Gasteiger partial charge in [0.1, 0.15) is 0 Å². The van der Waals surface area contributed by atoms with Crippen molar-refractivity contribution in [2.45, 2.75) is 64.0 Å². The Bertz CT molecular complexity index is 683. The second-order valence-corrected chi connectivity index (χ2v) is 9.62. The van der Waals surface area contributed by atoms with E-state index in [1.165, 1.54) is 12.1 Å². The minimum absolute atomic E-state index is 0.0495. The first kappa shape index (κ1) is 21.1. The molecule has 0 amide bonds. The predicted molar refractivity (Wildman–Crippen MR) is 102 cm³/mol. The maximum Gasteiger partial charge on any atom is 0.270 e. The van der Waals surface area contributed by atoms with Crippen molar-refractivity contribution in [2.75, 3.05) is 19.6 Å². The van der Waals surface area contributed by atoms with Gasteiger partial charge in [-0.15, -0.1) is 0 Å². The fourth-order valence-corrected chi connectivity index (χ4v) is 5.10. The van der Waals surface area contributed by atoms with Gasteiger partial charge in [-0.1, -0.05) is 26.8 Å². The summed E-state index contributed by atoms with van der Waals surface area (Å²) in [5, 5.41) is 3.27. The first-order valence-corrected chi connectivity index (χ1v) is 10.3. The molecule has 0 aliphatic carbocycles. The van der Waals surface area contributed by atoms with E-state index in [0.717, 1.165) is 25.9 Å². The van der Waals surface area contributed by atoms with Gasteiger partial charge in [-0.2, -0.15) is 0 Å². The van der Waals surface area contributed by atoms with Crippen LogP contribution in [0.1, 0.15) is 51.5 Å². The van der Waals surface area contributed by atoms with Gasteiger partial charge >= 0.3 is 0 Å². The van der Waals surface area contributed by atoms with Crippen molar-refractivity contribution < 1.29 is 17.6 Å². The lowest BCUT2D eigenvalue weighted by molar-refractivity contribution is -0.174. The number of halogens is 5. The summed E-state index contributed by atoms with van der Waals surface area (Å²) in [5.41, 5.74) is -0.919. The summed E-state index contributed by atoms with van der Waals surface area (Å²) < 4.78 is 60.0. The molecule has 1 aromatic rings. The Morgan fingerprint density at radius 2 is 1.70 bits per heavy atom. The zero-order valence-corrected chi connectivity index (χ0v) is 17.6. The quantitative estimate of drug-likeness (QED) is 0.484. The Morgan fingerprint density at radius 3 is 2.30 bits per heavy atom. The van der Waals surface area contributed by atoms with Crippen LogP contribution in [0.5, 0.6) is 0 Å². The lowest BCUT2D eigenvalue weighted by Crippen LogP contribution is -2.64. The van der Waals surface area contributed by atoms with E-state index in [-0.39, 0.29) is 22.5 Å². The molecule has 3 rings (SSSR count). The molecule has 2 fully saturated rings. The van der Waals surface area contributed by atoms with Crippen molar-refractivity contribution in [3.63, 3.8) is 0 Å². The maximum absolute atomic E-state index is 15.8. The molecule has 152 valence electrons. The van der Waals surface area contributed by atoms with E-state index in [1.807, 2.05) is 4.90 Å². The van der Waals surface area contributed by atoms with Crippen LogP contribution in [0.25, 0.3) is 0 Å². The van der Waals surface area contributed by atoms with Crippen LogP contribution in [0.15, 0.2) is 16.6 Å². The number of nitrogens with zero attached hydrogens (tertiary/aromatic N) is 1. The third kappa shape index (κ3) is 3.92. The molecule has 2 nitrogen and oxygen atoms in total. The summed E-state index contributed by atoms with van der Waals surface area (Å²) in [6.07, 6.45) is 1.77. The molecule has 0 radical (unpaired) electrons. The summed E-state index contributed by atoms with van der Waals surface area (Å²) in [7, 11) is 0. The van der Waals surface area contributed by atoms with Crippen LogP contribution in [0.4, 0.5) is 17.6 Å². The molecular formula is C20H27BrF4N2. The summed E-state index contributed by atoms with van der Waals surface area (Å²) >= 11 is 2.92. The van der Waals surface area contributed by atoms with Crippen molar-refractivity contribution in [1.82, 2.24) is 10.2 Å². The number of alkyl halides is 2. The Balaban J connectivity index is 2.00. The standard InChI is InChI=1S/C20H27BrF4N2/c1-19(2,3)18-20(24,25)14(13-4-5-15(21)17(23)16(13)22)8-11-27(18)12-6-9-26-10-7-12/h4-5,12,14,18,26H,6-11H2,1-3H3/t14?,18-/m0/s1. The molecule has 0 saturated carbocycles. The molecule has 7 heteroatoms. The minimum atomic E-state index is -3.16. The topological polar surface area (TPSA) is 15.3 Å². The van der Waals surface area contributed by atoms with Crippen molar-refractivity contribution in [2.24, 2.45) is 5.41 Å². The molecule has 2 atom stereocenters. The highest BCUT2D eigenvalue weighted by molar-refractivity contribution is 9.10. The number of likely N-dealkylation sites (tertiary alicyclic amines) is 1. The zero-order valence-electron chi connectivity index (χ0n) is 16.0. The van der Waals surface area contributed by atoms with Crippen LogP contribution in [0.3, 0.4) is 0 Å². The normalized spacial score (nSPS) is 27.7. The monoisotopic (exact) mass is 450 g/mol. The number of piperidine rings is 2. The Labute approximate surface area is 166 Å². The molecule has 2 heterocycles. The second kappa shape index (κ2) is 7.64. The lowest BCUT2D eigenvalue weighted by atomic mass is 9.71. The summed E-state index contributed by atoms with van der Waals surface area (Å²) in [5.74, 6) is -6.77. The molecule has 1 aromatic carbocycles. The SMILES string of the molecule is CC(C)(C)[C@@H]1N(C2CCNCC2)CCC(c2ccc(Br)c(F)c2F)C1(F)F. The fourth-order valence-electron chi connectivity index (χ4n) is 4.79. The molecule has 2 saturated heterocycles. The van der Waals surface area contributed by atoms with E-state index in [9.17, 15) is 8.78 Å². The minimum Gasteiger partial charge on any atom is -0.317 e. The van der Waals surface area contributed by atoms with Gasteiger partial charge in [0.2, 0.25) is 0 Å². The van der Waals surface area contributed by atoms with E-state index in [2.05, 4.69) is 21.2 Å². The van der Waals surface area contributed by atoms with Crippen molar-refractivity contribution in [3.05, 3.63) is 33.8 Å². The van der Waals surface area contributed by atoms with Crippen LogP contribution < -0.4 is 5.32 Å². The van der Waals surface area contributed by atoms with Gasteiger partial charge in [0, 0.05) is 11.6 Å². The lowest BCUT2D eigenvalue weighted by Gasteiger charge is -2.54. The molecule has 1 unspecified atom stereocenters. The first-order chi connectivity index (χ1) is 12.5. The summed E-state index contributed by atoms with van der Waals surface area (Å²) in [6, 6.07) is 1.67. The number of benzene rings is 1. The summed E-state index contributed by atoms with van der Waals surface area (Å²) in [4.78, 5) is 1.93. The Kier molecular flexibility index (Phi) is 5.96. The van der Waals surface area contributed by atoms with E-state index in [4.69, 9.17) is 0 Å². The highest BCUT2D eigenvalue weighted by Gasteiger charge is 2.58. The van der Waals surface area contributed by atoms with Gasteiger partial charge in [0.15, 0.2) is 11.6 Å². The van der Waals surface area contributed by atoms with E-state index < -0.39 is 34.9 Å². The molecule has 2 aliphatic heterocycles. The van der Waals surface area contributed by atoms with Gasteiger partial charge in [-0.3, -0.25) is 4.90 Å². The van der Waals surface area contributed by atoms with Gasteiger partial charge in [0.25, 0.3) is 5.92 Å². The molecule has 0 aromatic heterocycles. The molecule has 0 spiro atoms. The molecule has 2 aliphatic rings. The average molecular weight is 451 g/mol. The van der Waals surface area contributed by atoms with Gasteiger partial charge in [-0.25, -0.2) is 17.6 Å². The number of rotatable bonds is 2. The Hall–Kier alpha value is -0.660.